The summed E-state index contributed by atoms with van der Waals surface area (Å²) in [6, 6.07) is 0. The van der Waals surface area contributed by atoms with Crippen molar-refractivity contribution >= 4 is 11.0 Å². The van der Waals surface area contributed by atoms with Gasteiger partial charge in [0.2, 0.25) is 0 Å². The minimum atomic E-state index is -1.20. The number of aromatic nitrogens is 3. The molecule has 2 aromatic heterocycles. The number of H-pyrrole nitrogens is 2. The average molecular weight is 252 g/mol. The predicted molar refractivity (Wildman–Crippen MR) is 62.9 cm³/mol. The summed E-state index contributed by atoms with van der Waals surface area (Å²) in [5, 5.41) is 9.36. The number of nitrogens with zero attached hydrogens (tertiary/aromatic N) is 2. The molecule has 3 heterocycles. The van der Waals surface area contributed by atoms with Gasteiger partial charge in [0.05, 0.1) is 17.9 Å². The number of nitrogens with one attached hydrogen (secondary N) is 2. The Hall–Kier alpha value is -1.73. The van der Waals surface area contributed by atoms with Crippen molar-refractivity contribution in [3.63, 3.8) is 0 Å². The van der Waals surface area contributed by atoms with Gasteiger partial charge in [-0.25, -0.2) is 9.37 Å². The van der Waals surface area contributed by atoms with Crippen molar-refractivity contribution in [3.05, 3.63) is 28.4 Å². The SMILES string of the molecule is O=c1[nH]cnc2c(CN3C[C@@H](O)[C@@H](F)C3)c[nH]c12. The van der Waals surface area contributed by atoms with E-state index in [1.54, 1.807) is 11.1 Å². The fraction of sp³-hybridized carbons (Fsp3) is 0.455. The second-order valence-electron chi connectivity index (χ2n) is 4.55. The third-order valence-corrected chi connectivity index (χ3v) is 3.24. The number of rotatable bonds is 2. The van der Waals surface area contributed by atoms with Crippen LogP contribution in [-0.2, 0) is 6.54 Å². The van der Waals surface area contributed by atoms with Crippen molar-refractivity contribution in [1.29, 1.82) is 0 Å². The van der Waals surface area contributed by atoms with E-state index in [1.165, 1.54) is 6.33 Å². The monoisotopic (exact) mass is 252 g/mol. The summed E-state index contributed by atoms with van der Waals surface area (Å²) >= 11 is 0. The Morgan fingerprint density at radius 3 is 3.06 bits per heavy atom. The molecule has 6 nitrogen and oxygen atoms in total. The van der Waals surface area contributed by atoms with Crippen LogP contribution in [0, 0.1) is 0 Å². The molecule has 7 heteroatoms. The summed E-state index contributed by atoms with van der Waals surface area (Å²) in [6.07, 6.45) is 0.919. The maximum atomic E-state index is 13.2. The first-order valence-corrected chi connectivity index (χ1v) is 5.73. The lowest BCUT2D eigenvalue weighted by Gasteiger charge is -2.13. The minimum absolute atomic E-state index is 0.205. The molecule has 0 radical (unpaired) electrons. The molecule has 1 saturated heterocycles. The summed E-state index contributed by atoms with van der Waals surface area (Å²) in [4.78, 5) is 22.8. The van der Waals surface area contributed by atoms with E-state index in [0.717, 1.165) is 5.56 Å². The number of likely N-dealkylation sites (tertiary alicyclic amines) is 1. The lowest BCUT2D eigenvalue weighted by molar-refractivity contribution is 0.115. The molecule has 2 atom stereocenters. The van der Waals surface area contributed by atoms with E-state index in [0.29, 0.717) is 24.1 Å². The van der Waals surface area contributed by atoms with Gasteiger partial charge in [-0.15, -0.1) is 0 Å². The van der Waals surface area contributed by atoms with Crippen LogP contribution in [0.15, 0.2) is 17.3 Å². The van der Waals surface area contributed by atoms with Gasteiger partial charge in [-0.05, 0) is 0 Å². The van der Waals surface area contributed by atoms with Gasteiger partial charge in [0, 0.05) is 31.4 Å². The van der Waals surface area contributed by atoms with E-state index in [1.807, 2.05) is 0 Å². The van der Waals surface area contributed by atoms with Gasteiger partial charge in [-0.1, -0.05) is 0 Å². The van der Waals surface area contributed by atoms with Crippen LogP contribution in [0.3, 0.4) is 0 Å². The van der Waals surface area contributed by atoms with Gasteiger partial charge in [-0.3, -0.25) is 9.69 Å². The first kappa shape index (κ1) is 11.4. The largest absolute Gasteiger partial charge is 0.389 e. The number of β-amino-alcohol motifs (C(OH)–C–C–N with tert-alkyl or cyclic N) is 1. The Morgan fingerprint density at radius 2 is 2.33 bits per heavy atom. The third-order valence-electron chi connectivity index (χ3n) is 3.24. The van der Waals surface area contributed by atoms with Crippen molar-refractivity contribution in [1.82, 2.24) is 19.9 Å². The van der Waals surface area contributed by atoms with Crippen LogP contribution < -0.4 is 5.56 Å². The van der Waals surface area contributed by atoms with E-state index in [2.05, 4.69) is 15.0 Å². The van der Waals surface area contributed by atoms with Crippen LogP contribution in [-0.4, -0.2) is 50.3 Å². The van der Waals surface area contributed by atoms with Crippen LogP contribution in [0.2, 0.25) is 0 Å². The molecule has 0 spiro atoms. The molecule has 2 aromatic rings. The second-order valence-corrected chi connectivity index (χ2v) is 4.55. The van der Waals surface area contributed by atoms with Gasteiger partial charge in [0.25, 0.3) is 5.56 Å². The first-order chi connectivity index (χ1) is 8.65. The Morgan fingerprint density at radius 1 is 1.50 bits per heavy atom. The van der Waals surface area contributed by atoms with E-state index in [-0.39, 0.29) is 12.1 Å². The van der Waals surface area contributed by atoms with Crippen LogP contribution in [0.4, 0.5) is 4.39 Å². The van der Waals surface area contributed by atoms with E-state index >= 15 is 0 Å². The van der Waals surface area contributed by atoms with E-state index in [9.17, 15) is 14.3 Å². The Labute approximate surface area is 101 Å². The van der Waals surface area contributed by atoms with Crippen molar-refractivity contribution in [2.75, 3.05) is 13.1 Å². The van der Waals surface area contributed by atoms with E-state index < -0.39 is 12.3 Å². The molecule has 0 bridgehead atoms. The Kier molecular flexibility index (Phi) is 2.64. The summed E-state index contributed by atoms with van der Waals surface area (Å²) in [7, 11) is 0. The fourth-order valence-corrected chi connectivity index (χ4v) is 2.32. The summed E-state index contributed by atoms with van der Waals surface area (Å²) in [6.45, 7) is 0.974. The van der Waals surface area contributed by atoms with E-state index in [4.69, 9.17) is 0 Å². The second kappa shape index (κ2) is 4.18. The molecule has 0 amide bonds. The van der Waals surface area contributed by atoms with Crippen molar-refractivity contribution < 1.29 is 9.50 Å². The molecule has 1 aliphatic rings. The van der Waals surface area contributed by atoms with Gasteiger partial charge in [-0.2, -0.15) is 0 Å². The first-order valence-electron chi connectivity index (χ1n) is 5.73. The smallest absolute Gasteiger partial charge is 0.275 e. The van der Waals surface area contributed by atoms with Gasteiger partial charge < -0.3 is 15.1 Å². The number of halogens is 1. The number of hydrogen-bond acceptors (Lipinski definition) is 4. The Bertz CT molecular complexity index is 613. The molecule has 0 unspecified atom stereocenters. The predicted octanol–water partition coefficient (Wildman–Crippen LogP) is -0.234. The number of hydrogen-bond donors (Lipinski definition) is 3. The Balaban J connectivity index is 1.88. The molecular formula is C11H13FN4O2. The lowest BCUT2D eigenvalue weighted by Crippen LogP contribution is -2.21. The lowest BCUT2D eigenvalue weighted by atomic mass is 10.2. The number of aromatic amines is 2. The van der Waals surface area contributed by atoms with Crippen molar-refractivity contribution in [2.45, 2.75) is 18.8 Å². The molecule has 1 fully saturated rings. The standard InChI is InChI=1S/C11H13FN4O2/c12-7-3-16(4-8(7)17)2-6-1-13-10-9(6)14-5-15-11(10)18/h1,5,7-8,13,17H,2-4H2,(H,14,15,18)/t7-,8+/m0/s1. The van der Waals surface area contributed by atoms with Crippen molar-refractivity contribution in [3.8, 4) is 0 Å². The molecule has 1 aliphatic heterocycles. The number of aliphatic hydroxyl groups is 1. The summed E-state index contributed by atoms with van der Waals surface area (Å²) < 4.78 is 13.2. The zero-order chi connectivity index (χ0) is 12.7. The number of aliphatic hydroxyl groups excluding tert-OH is 1. The zero-order valence-electron chi connectivity index (χ0n) is 9.56. The normalized spacial score (nSPS) is 25.0. The molecule has 18 heavy (non-hydrogen) atoms. The van der Waals surface area contributed by atoms with Crippen LogP contribution in [0.5, 0.6) is 0 Å². The molecule has 0 saturated carbocycles. The van der Waals surface area contributed by atoms with Gasteiger partial charge >= 0.3 is 0 Å². The molecule has 3 N–H and O–H groups in total. The van der Waals surface area contributed by atoms with Crippen LogP contribution in [0.25, 0.3) is 11.0 Å². The summed E-state index contributed by atoms with van der Waals surface area (Å²) in [5.74, 6) is 0. The molecule has 0 aromatic carbocycles. The highest BCUT2D eigenvalue weighted by Gasteiger charge is 2.31. The highest BCUT2D eigenvalue weighted by molar-refractivity contribution is 5.77. The fourth-order valence-electron chi connectivity index (χ4n) is 2.32. The molecular weight excluding hydrogens is 239 g/mol. The maximum absolute atomic E-state index is 13.2. The zero-order valence-corrected chi connectivity index (χ0v) is 9.56. The summed E-state index contributed by atoms with van der Waals surface area (Å²) in [5.41, 5.74) is 1.62. The third kappa shape index (κ3) is 1.81. The van der Waals surface area contributed by atoms with Gasteiger partial charge in [0.1, 0.15) is 11.7 Å². The van der Waals surface area contributed by atoms with Crippen LogP contribution in [0.1, 0.15) is 5.56 Å². The molecule has 0 aliphatic carbocycles. The quantitative estimate of drug-likeness (QED) is 0.689. The van der Waals surface area contributed by atoms with Gasteiger partial charge in [0.15, 0.2) is 0 Å². The maximum Gasteiger partial charge on any atom is 0.275 e. The average Bonchev–Trinajstić information content (AvgIpc) is 2.86. The highest BCUT2D eigenvalue weighted by Crippen LogP contribution is 2.19. The van der Waals surface area contributed by atoms with Crippen LogP contribution >= 0.6 is 0 Å². The molecule has 3 rings (SSSR count). The van der Waals surface area contributed by atoms with Crippen molar-refractivity contribution in [2.24, 2.45) is 0 Å². The number of alkyl halides is 1. The highest BCUT2D eigenvalue weighted by atomic mass is 19.1. The molecule has 96 valence electrons. The number of fused-ring (bicyclic) bond motifs is 1. The topological polar surface area (TPSA) is 85.0 Å². The minimum Gasteiger partial charge on any atom is -0.389 e.